The van der Waals surface area contributed by atoms with E-state index in [1.54, 1.807) is 57.7 Å². The number of ether oxygens (including phenoxy) is 1. The molecule has 1 N–H and O–H groups in total. The van der Waals surface area contributed by atoms with Gasteiger partial charge in [-0.05, 0) is 81.1 Å². The van der Waals surface area contributed by atoms with Crippen molar-refractivity contribution in [3.8, 4) is 0 Å². The normalized spacial score (nSPS) is 14.9. The molecule has 1 aliphatic heterocycles. The first kappa shape index (κ1) is 31.2. The number of H-pyrrole nitrogens is 1. The minimum absolute atomic E-state index is 0.206. The number of nitro groups is 1. The van der Waals surface area contributed by atoms with Crippen LogP contribution in [0.5, 0.6) is 0 Å². The Labute approximate surface area is 263 Å². The van der Waals surface area contributed by atoms with Gasteiger partial charge in [-0.15, -0.1) is 11.8 Å². The van der Waals surface area contributed by atoms with Gasteiger partial charge in [-0.3, -0.25) is 24.3 Å². The zero-order valence-electron chi connectivity index (χ0n) is 24.3. The number of nitrogens with one attached hydrogen (secondary N) is 1. The number of allylic oxidation sites excluding steroid dienone is 1. The van der Waals surface area contributed by atoms with Crippen LogP contribution in [-0.4, -0.2) is 37.8 Å². The van der Waals surface area contributed by atoms with Gasteiger partial charge in [0.25, 0.3) is 16.8 Å². The van der Waals surface area contributed by atoms with Gasteiger partial charge in [0.15, 0.2) is 9.96 Å². The second-order valence-electron chi connectivity index (χ2n) is 10.1. The van der Waals surface area contributed by atoms with Crippen LogP contribution in [-0.2, 0) is 9.53 Å². The molecule has 5 rings (SSSR count). The zero-order chi connectivity index (χ0) is 31.7. The number of aryl methyl sites for hydroxylation is 1. The van der Waals surface area contributed by atoms with Crippen LogP contribution in [0.25, 0.3) is 6.08 Å². The molecule has 0 aliphatic carbocycles. The summed E-state index contributed by atoms with van der Waals surface area (Å²) in [7, 11) is 0. The van der Waals surface area contributed by atoms with Crippen molar-refractivity contribution < 1.29 is 14.5 Å². The van der Waals surface area contributed by atoms with Crippen LogP contribution < -0.4 is 20.5 Å². The lowest BCUT2D eigenvalue weighted by atomic mass is 9.96. The van der Waals surface area contributed by atoms with Gasteiger partial charge in [-0.2, -0.15) is 0 Å². The van der Waals surface area contributed by atoms with Crippen LogP contribution in [0.2, 0.25) is 0 Å². The van der Waals surface area contributed by atoms with Crippen molar-refractivity contribution in [1.82, 2.24) is 14.5 Å². The highest BCUT2D eigenvalue weighted by molar-refractivity contribution is 7.99. The number of rotatable bonds is 8. The van der Waals surface area contributed by atoms with E-state index in [0.717, 1.165) is 33.6 Å². The lowest BCUT2D eigenvalue weighted by Gasteiger charge is -2.25. The average molecular weight is 650 g/mol. The van der Waals surface area contributed by atoms with E-state index in [1.807, 2.05) is 30.5 Å². The van der Waals surface area contributed by atoms with E-state index in [0.29, 0.717) is 26.3 Å². The number of benzene rings is 2. The van der Waals surface area contributed by atoms with Crippen LogP contribution in [0.3, 0.4) is 0 Å². The minimum atomic E-state index is -0.771. The molecule has 0 amide bonds. The Morgan fingerprint density at radius 3 is 2.52 bits per heavy atom. The van der Waals surface area contributed by atoms with Gasteiger partial charge < -0.3 is 9.72 Å². The van der Waals surface area contributed by atoms with Gasteiger partial charge in [0.2, 0.25) is 0 Å². The Kier molecular flexibility index (Phi) is 9.04. The van der Waals surface area contributed by atoms with E-state index >= 15 is 0 Å². The summed E-state index contributed by atoms with van der Waals surface area (Å²) in [5.41, 5.74) is 1.40. The molecule has 14 heteroatoms. The number of carbonyl (C=O) groups is 1. The lowest BCUT2D eigenvalue weighted by Crippen LogP contribution is -2.40. The first-order valence-corrected chi connectivity index (χ1v) is 16.2. The second-order valence-corrected chi connectivity index (χ2v) is 13.0. The molecule has 0 radical (unpaired) electrons. The fraction of sp³-hybridized carbons (Fsp3) is 0.233. The summed E-state index contributed by atoms with van der Waals surface area (Å²) in [6.07, 6.45) is 3.16. The van der Waals surface area contributed by atoms with Gasteiger partial charge >= 0.3 is 5.97 Å². The minimum Gasteiger partial charge on any atom is -0.459 e. The van der Waals surface area contributed by atoms with Crippen LogP contribution in [0, 0.1) is 17.0 Å². The summed E-state index contributed by atoms with van der Waals surface area (Å²) in [4.78, 5) is 63.7. The van der Waals surface area contributed by atoms with Crippen molar-refractivity contribution in [3.05, 3.63) is 117 Å². The van der Waals surface area contributed by atoms with Gasteiger partial charge in [0, 0.05) is 22.7 Å². The molecule has 0 saturated carbocycles. The molecule has 0 spiro atoms. The van der Waals surface area contributed by atoms with Crippen LogP contribution in [0.4, 0.5) is 5.69 Å². The van der Waals surface area contributed by atoms with E-state index in [9.17, 15) is 24.5 Å². The number of nitrogens with zero attached hydrogens (tertiary/aromatic N) is 4. The highest BCUT2D eigenvalue weighted by Crippen LogP contribution is 2.34. The Morgan fingerprint density at radius 1 is 1.16 bits per heavy atom. The van der Waals surface area contributed by atoms with Gasteiger partial charge in [-0.1, -0.05) is 29.5 Å². The molecule has 3 heterocycles. The molecule has 2 aromatic heterocycles. The number of aromatic nitrogens is 3. The maximum atomic E-state index is 13.9. The fourth-order valence-electron chi connectivity index (χ4n) is 4.67. The first-order valence-electron chi connectivity index (χ1n) is 13.4. The van der Waals surface area contributed by atoms with Crippen LogP contribution in [0.15, 0.2) is 89.3 Å². The number of hydrogen-bond donors (Lipinski definition) is 1. The predicted molar refractivity (Wildman–Crippen MR) is 170 cm³/mol. The van der Waals surface area contributed by atoms with Crippen molar-refractivity contribution in [3.63, 3.8) is 0 Å². The number of thioether (sulfide) groups is 1. The third-order valence-corrected chi connectivity index (χ3v) is 9.23. The van der Waals surface area contributed by atoms with E-state index in [2.05, 4.69) is 15.0 Å². The largest absolute Gasteiger partial charge is 0.459 e. The SMILES string of the molecule is CSc1ccc([C@@H]2C(C(=O)OC(C)C)=C(C)N=c3s/c(=C\c4ccc(Sc5nc(C)cc(=O)[nH]5)c([N+](=O)[O-])c4)c(=O)n32)cc1. The summed E-state index contributed by atoms with van der Waals surface area (Å²) < 4.78 is 7.32. The molecule has 0 unspecified atom stereocenters. The fourth-order valence-corrected chi connectivity index (χ4v) is 7.05. The number of carbonyl (C=O) groups excluding carboxylic acids is 1. The van der Waals surface area contributed by atoms with E-state index < -0.39 is 22.5 Å². The molecule has 1 atom stereocenters. The Bertz CT molecular complexity index is 2060. The molecule has 226 valence electrons. The third kappa shape index (κ3) is 6.47. The van der Waals surface area contributed by atoms with Crippen molar-refractivity contribution in [2.45, 2.75) is 54.8 Å². The van der Waals surface area contributed by atoms with Crippen molar-refractivity contribution in [2.24, 2.45) is 4.99 Å². The summed E-state index contributed by atoms with van der Waals surface area (Å²) >= 11 is 3.68. The van der Waals surface area contributed by atoms with Crippen molar-refractivity contribution in [1.29, 1.82) is 0 Å². The molecule has 44 heavy (non-hydrogen) atoms. The lowest BCUT2D eigenvalue weighted by molar-refractivity contribution is -0.387. The van der Waals surface area contributed by atoms with E-state index in [1.165, 1.54) is 16.7 Å². The molecule has 4 aromatic rings. The average Bonchev–Trinajstić information content (AvgIpc) is 3.25. The Hall–Kier alpha value is -4.27. The van der Waals surface area contributed by atoms with Crippen molar-refractivity contribution >= 4 is 52.6 Å². The topological polar surface area (TPSA) is 150 Å². The first-order chi connectivity index (χ1) is 20.9. The van der Waals surface area contributed by atoms with E-state index in [-0.39, 0.29) is 33.0 Å². The van der Waals surface area contributed by atoms with Gasteiger partial charge in [0.1, 0.15) is 0 Å². The zero-order valence-corrected chi connectivity index (χ0v) is 26.8. The maximum Gasteiger partial charge on any atom is 0.338 e. The van der Waals surface area contributed by atoms with Gasteiger partial charge in [-0.25, -0.2) is 14.8 Å². The third-order valence-electron chi connectivity index (χ3n) is 6.55. The summed E-state index contributed by atoms with van der Waals surface area (Å²) in [5.74, 6) is -0.553. The molecular formula is C30H27N5O6S3. The second kappa shape index (κ2) is 12.8. The molecule has 0 bridgehead atoms. The smallest absolute Gasteiger partial charge is 0.338 e. The number of aromatic amines is 1. The maximum absolute atomic E-state index is 13.9. The highest BCUT2D eigenvalue weighted by atomic mass is 32.2. The number of fused-ring (bicyclic) bond motifs is 1. The monoisotopic (exact) mass is 649 g/mol. The van der Waals surface area contributed by atoms with Crippen LogP contribution >= 0.6 is 34.9 Å². The summed E-state index contributed by atoms with van der Waals surface area (Å²) in [6.45, 7) is 6.89. The molecule has 2 aromatic carbocycles. The number of esters is 1. The molecule has 0 fully saturated rings. The van der Waals surface area contributed by atoms with Crippen molar-refractivity contribution in [2.75, 3.05) is 6.26 Å². The van der Waals surface area contributed by atoms with Gasteiger partial charge in [0.05, 0.1) is 37.8 Å². The standard InChI is InChI=1S/C30H27N5O6S3/c1-15(2)41-28(38)25-17(4)32-30-34(26(25)19-7-9-20(42-5)10-8-19)27(37)23(44-30)14-18-6-11-22(21(13-18)35(39)40)43-29-31-16(3)12-24(36)33-29/h6-15,26H,1-5H3,(H,31,33,36)/b23-14-/t26-/m1/s1. The van der Waals surface area contributed by atoms with Crippen LogP contribution in [0.1, 0.15) is 43.6 Å². The quantitative estimate of drug-likeness (QED) is 0.0966. The van der Waals surface area contributed by atoms with E-state index in [4.69, 9.17) is 4.74 Å². The summed E-state index contributed by atoms with van der Waals surface area (Å²) in [5, 5.41) is 12.2. The molecule has 11 nitrogen and oxygen atoms in total. The highest BCUT2D eigenvalue weighted by Gasteiger charge is 2.33. The number of thiazole rings is 1. The Balaban J connectivity index is 1.62. The number of nitro benzene ring substituents is 1. The summed E-state index contributed by atoms with van der Waals surface area (Å²) in [6, 6.07) is 12.7. The molecule has 1 aliphatic rings. The Morgan fingerprint density at radius 2 is 1.89 bits per heavy atom. The predicted octanol–water partition coefficient (Wildman–Crippen LogP) is 4.36. The molecular weight excluding hydrogens is 623 g/mol. The number of hydrogen-bond acceptors (Lipinski definition) is 11. The molecule has 0 saturated heterocycles.